The summed E-state index contributed by atoms with van der Waals surface area (Å²) in [7, 11) is 0. The standard InChI is InChI=1S/C15H25NS/c1-4-14(3)13-16(5-2)11-12-17-15-9-7-6-8-10-15/h6-10,14H,4-5,11-13H2,1-3H3. The van der Waals surface area contributed by atoms with Gasteiger partial charge in [-0.25, -0.2) is 0 Å². The van der Waals surface area contributed by atoms with Crippen LogP contribution in [-0.4, -0.2) is 30.3 Å². The Morgan fingerprint density at radius 1 is 1.18 bits per heavy atom. The molecule has 0 aliphatic heterocycles. The zero-order chi connectivity index (χ0) is 12.5. The van der Waals surface area contributed by atoms with Gasteiger partial charge in [-0.3, -0.25) is 0 Å². The highest BCUT2D eigenvalue weighted by molar-refractivity contribution is 7.99. The molecule has 1 aromatic rings. The van der Waals surface area contributed by atoms with Crippen LogP contribution in [0.25, 0.3) is 0 Å². The number of thioether (sulfide) groups is 1. The molecule has 1 nitrogen and oxygen atoms in total. The van der Waals surface area contributed by atoms with Crippen LogP contribution in [0.15, 0.2) is 35.2 Å². The molecule has 1 rings (SSSR count). The summed E-state index contributed by atoms with van der Waals surface area (Å²) >= 11 is 1.96. The molecule has 1 unspecified atom stereocenters. The summed E-state index contributed by atoms with van der Waals surface area (Å²) in [6.45, 7) is 10.5. The maximum absolute atomic E-state index is 2.56. The monoisotopic (exact) mass is 251 g/mol. The highest BCUT2D eigenvalue weighted by atomic mass is 32.2. The first-order chi connectivity index (χ1) is 8.26. The molecule has 96 valence electrons. The fourth-order valence-corrected chi connectivity index (χ4v) is 2.69. The van der Waals surface area contributed by atoms with Crippen molar-refractivity contribution < 1.29 is 0 Å². The zero-order valence-electron chi connectivity index (χ0n) is 11.4. The van der Waals surface area contributed by atoms with E-state index >= 15 is 0 Å². The molecule has 0 saturated carbocycles. The fraction of sp³-hybridized carbons (Fsp3) is 0.600. The maximum atomic E-state index is 2.56. The smallest absolute Gasteiger partial charge is 0.0108 e. The Kier molecular flexibility index (Phi) is 7.38. The topological polar surface area (TPSA) is 3.24 Å². The maximum Gasteiger partial charge on any atom is 0.0108 e. The van der Waals surface area contributed by atoms with Crippen molar-refractivity contribution in [1.29, 1.82) is 0 Å². The Bertz CT molecular complexity index is 286. The first-order valence-electron chi connectivity index (χ1n) is 6.66. The average molecular weight is 251 g/mol. The van der Waals surface area contributed by atoms with E-state index in [4.69, 9.17) is 0 Å². The molecule has 17 heavy (non-hydrogen) atoms. The van der Waals surface area contributed by atoms with E-state index in [1.807, 2.05) is 11.8 Å². The predicted molar refractivity (Wildman–Crippen MR) is 78.7 cm³/mol. The van der Waals surface area contributed by atoms with Crippen molar-refractivity contribution in [2.75, 3.05) is 25.4 Å². The first kappa shape index (κ1) is 14.6. The molecular weight excluding hydrogens is 226 g/mol. The first-order valence-corrected chi connectivity index (χ1v) is 7.65. The van der Waals surface area contributed by atoms with Gasteiger partial charge in [-0.15, -0.1) is 11.8 Å². The predicted octanol–water partition coefficient (Wildman–Crippen LogP) is 4.15. The van der Waals surface area contributed by atoms with Gasteiger partial charge in [0.25, 0.3) is 0 Å². The van der Waals surface area contributed by atoms with E-state index in [1.165, 1.54) is 36.7 Å². The van der Waals surface area contributed by atoms with Gasteiger partial charge in [0, 0.05) is 23.7 Å². The van der Waals surface area contributed by atoms with Crippen molar-refractivity contribution in [2.45, 2.75) is 32.1 Å². The molecule has 0 heterocycles. The Labute approximate surface area is 111 Å². The van der Waals surface area contributed by atoms with Gasteiger partial charge in [0.15, 0.2) is 0 Å². The molecule has 0 spiro atoms. The number of hydrogen-bond donors (Lipinski definition) is 0. The van der Waals surface area contributed by atoms with E-state index in [9.17, 15) is 0 Å². The molecule has 0 saturated heterocycles. The quantitative estimate of drug-likeness (QED) is 0.639. The molecule has 0 aliphatic carbocycles. The van der Waals surface area contributed by atoms with Gasteiger partial charge in [-0.05, 0) is 24.6 Å². The van der Waals surface area contributed by atoms with Crippen LogP contribution < -0.4 is 0 Å². The van der Waals surface area contributed by atoms with Crippen LogP contribution in [0.3, 0.4) is 0 Å². The molecule has 0 radical (unpaired) electrons. The summed E-state index contributed by atoms with van der Waals surface area (Å²) in [4.78, 5) is 3.94. The molecule has 0 N–H and O–H groups in total. The van der Waals surface area contributed by atoms with Gasteiger partial charge in [0.2, 0.25) is 0 Å². The number of benzene rings is 1. The lowest BCUT2D eigenvalue weighted by Crippen LogP contribution is -2.30. The molecular formula is C15H25NS. The van der Waals surface area contributed by atoms with Crippen molar-refractivity contribution in [1.82, 2.24) is 4.90 Å². The molecule has 0 bridgehead atoms. The number of nitrogens with zero attached hydrogens (tertiary/aromatic N) is 1. The minimum atomic E-state index is 0.816. The molecule has 0 amide bonds. The SMILES string of the molecule is CCC(C)CN(CC)CCSc1ccccc1. The van der Waals surface area contributed by atoms with Crippen LogP contribution in [0, 0.1) is 5.92 Å². The molecule has 0 aromatic heterocycles. The van der Waals surface area contributed by atoms with Crippen LogP contribution >= 0.6 is 11.8 Å². The van der Waals surface area contributed by atoms with E-state index in [0.717, 1.165) is 5.92 Å². The third kappa shape index (κ3) is 6.13. The summed E-state index contributed by atoms with van der Waals surface area (Å²) in [5, 5.41) is 0. The minimum absolute atomic E-state index is 0.816. The van der Waals surface area contributed by atoms with Crippen molar-refractivity contribution in [2.24, 2.45) is 5.92 Å². The summed E-state index contributed by atoms with van der Waals surface area (Å²) in [6, 6.07) is 10.7. The lowest BCUT2D eigenvalue weighted by Gasteiger charge is -2.23. The second-order valence-electron chi connectivity index (χ2n) is 4.57. The highest BCUT2D eigenvalue weighted by Crippen LogP contribution is 2.17. The lowest BCUT2D eigenvalue weighted by atomic mass is 10.1. The van der Waals surface area contributed by atoms with Crippen molar-refractivity contribution >= 4 is 11.8 Å². The number of hydrogen-bond acceptors (Lipinski definition) is 2. The third-order valence-electron chi connectivity index (χ3n) is 3.13. The average Bonchev–Trinajstić information content (AvgIpc) is 2.38. The van der Waals surface area contributed by atoms with E-state index in [2.05, 4.69) is 56.0 Å². The Morgan fingerprint density at radius 2 is 1.88 bits per heavy atom. The van der Waals surface area contributed by atoms with Crippen molar-refractivity contribution in [3.63, 3.8) is 0 Å². The lowest BCUT2D eigenvalue weighted by molar-refractivity contribution is 0.260. The largest absolute Gasteiger partial charge is 0.303 e. The highest BCUT2D eigenvalue weighted by Gasteiger charge is 2.06. The summed E-state index contributed by atoms with van der Waals surface area (Å²) in [5.41, 5.74) is 0. The van der Waals surface area contributed by atoms with E-state index < -0.39 is 0 Å². The Hall–Kier alpha value is -0.470. The van der Waals surface area contributed by atoms with E-state index in [1.54, 1.807) is 0 Å². The van der Waals surface area contributed by atoms with E-state index in [-0.39, 0.29) is 0 Å². The van der Waals surface area contributed by atoms with Crippen LogP contribution in [0.5, 0.6) is 0 Å². The number of rotatable bonds is 8. The molecule has 1 atom stereocenters. The summed E-state index contributed by atoms with van der Waals surface area (Å²) < 4.78 is 0. The van der Waals surface area contributed by atoms with Crippen LogP contribution in [0.2, 0.25) is 0 Å². The fourth-order valence-electron chi connectivity index (χ4n) is 1.76. The van der Waals surface area contributed by atoms with Gasteiger partial charge >= 0.3 is 0 Å². The molecule has 0 aliphatic rings. The molecule has 0 fully saturated rings. The van der Waals surface area contributed by atoms with E-state index in [0.29, 0.717) is 0 Å². The normalized spacial score (nSPS) is 12.9. The van der Waals surface area contributed by atoms with Crippen LogP contribution in [0.1, 0.15) is 27.2 Å². The van der Waals surface area contributed by atoms with Gasteiger partial charge in [0.1, 0.15) is 0 Å². The summed E-state index contributed by atoms with van der Waals surface area (Å²) in [6.07, 6.45) is 1.28. The minimum Gasteiger partial charge on any atom is -0.303 e. The van der Waals surface area contributed by atoms with Crippen molar-refractivity contribution in [3.8, 4) is 0 Å². The Balaban J connectivity index is 2.24. The van der Waals surface area contributed by atoms with Gasteiger partial charge in [-0.2, -0.15) is 0 Å². The van der Waals surface area contributed by atoms with Gasteiger partial charge in [0.05, 0.1) is 0 Å². The molecule has 2 heteroatoms. The van der Waals surface area contributed by atoms with Crippen molar-refractivity contribution in [3.05, 3.63) is 30.3 Å². The third-order valence-corrected chi connectivity index (χ3v) is 4.13. The van der Waals surface area contributed by atoms with Gasteiger partial charge in [-0.1, -0.05) is 45.4 Å². The second kappa shape index (κ2) is 8.60. The zero-order valence-corrected chi connectivity index (χ0v) is 12.2. The molecule has 1 aromatic carbocycles. The van der Waals surface area contributed by atoms with Crippen LogP contribution in [0.4, 0.5) is 0 Å². The van der Waals surface area contributed by atoms with Crippen LogP contribution in [-0.2, 0) is 0 Å². The Morgan fingerprint density at radius 3 is 2.47 bits per heavy atom. The summed E-state index contributed by atoms with van der Waals surface area (Å²) in [5.74, 6) is 2.01. The van der Waals surface area contributed by atoms with Gasteiger partial charge < -0.3 is 4.90 Å². The second-order valence-corrected chi connectivity index (χ2v) is 5.74.